The van der Waals surface area contributed by atoms with E-state index < -0.39 is 5.60 Å². The zero-order chi connectivity index (χ0) is 26.1. The normalized spacial score (nSPS) is 14.1. The molecule has 0 fully saturated rings. The van der Waals surface area contributed by atoms with Crippen molar-refractivity contribution in [1.82, 2.24) is 0 Å². The van der Waals surface area contributed by atoms with Crippen LogP contribution >= 0.6 is 11.6 Å². The monoisotopic (exact) mass is 496 g/mol. The fourth-order valence-corrected chi connectivity index (χ4v) is 4.83. The second kappa shape index (κ2) is 10.1. The summed E-state index contributed by atoms with van der Waals surface area (Å²) in [7, 11) is 0. The summed E-state index contributed by atoms with van der Waals surface area (Å²) in [5.74, 6) is 6.28. The van der Waals surface area contributed by atoms with Gasteiger partial charge in [-0.1, -0.05) is 78.0 Å². The maximum absolute atomic E-state index is 11.0. The Morgan fingerprint density at radius 2 is 1.56 bits per heavy atom. The molecular formula is C33H33ClO2. The maximum Gasteiger partial charge on any atom is 0.148 e. The molecule has 0 bridgehead atoms. The fraction of sp³-hybridized carbons (Fsp3) is 0.273. The van der Waals surface area contributed by atoms with Gasteiger partial charge in [-0.15, -0.1) is 0 Å². The van der Waals surface area contributed by atoms with Gasteiger partial charge in [0.05, 0.1) is 11.7 Å². The zero-order valence-electron chi connectivity index (χ0n) is 21.8. The van der Waals surface area contributed by atoms with Gasteiger partial charge in [-0.25, -0.2) is 0 Å². The number of aryl methyl sites for hydroxylation is 1. The van der Waals surface area contributed by atoms with Gasteiger partial charge in [0.15, 0.2) is 0 Å². The molecule has 0 aromatic heterocycles. The van der Waals surface area contributed by atoms with Gasteiger partial charge in [-0.05, 0) is 104 Å². The van der Waals surface area contributed by atoms with E-state index in [2.05, 4.69) is 76.8 Å². The first-order valence-corrected chi connectivity index (χ1v) is 12.6. The van der Waals surface area contributed by atoms with Crippen LogP contribution in [0, 0.1) is 18.8 Å². The van der Waals surface area contributed by atoms with Gasteiger partial charge in [0.1, 0.15) is 5.60 Å². The molecule has 4 aromatic carbocycles. The van der Waals surface area contributed by atoms with E-state index >= 15 is 0 Å². The first kappa shape index (κ1) is 26.0. The Bertz CT molecular complexity index is 1430. The van der Waals surface area contributed by atoms with E-state index in [0.717, 1.165) is 38.6 Å². The van der Waals surface area contributed by atoms with Crippen molar-refractivity contribution < 1.29 is 9.84 Å². The molecular weight excluding hydrogens is 464 g/mol. The predicted molar refractivity (Wildman–Crippen MR) is 151 cm³/mol. The van der Waals surface area contributed by atoms with Crippen LogP contribution in [0.3, 0.4) is 0 Å². The van der Waals surface area contributed by atoms with Crippen molar-refractivity contribution >= 4 is 22.4 Å². The summed E-state index contributed by atoms with van der Waals surface area (Å²) in [6.45, 7) is 12.2. The Hall–Kier alpha value is -3.09. The van der Waals surface area contributed by atoms with E-state index in [1.54, 1.807) is 6.92 Å². The minimum absolute atomic E-state index is 0.117. The van der Waals surface area contributed by atoms with Crippen molar-refractivity contribution in [3.05, 3.63) is 106 Å². The molecule has 0 aliphatic carbocycles. The summed E-state index contributed by atoms with van der Waals surface area (Å²) in [5, 5.41) is 13.9. The van der Waals surface area contributed by atoms with Gasteiger partial charge in [0, 0.05) is 10.6 Å². The van der Waals surface area contributed by atoms with Gasteiger partial charge in [-0.2, -0.15) is 0 Å². The lowest BCUT2D eigenvalue weighted by Crippen LogP contribution is -2.22. The van der Waals surface area contributed by atoms with E-state index in [9.17, 15) is 5.11 Å². The summed E-state index contributed by atoms with van der Waals surface area (Å²) < 4.78 is 6.42. The van der Waals surface area contributed by atoms with Crippen LogP contribution in [0.1, 0.15) is 63.0 Å². The van der Waals surface area contributed by atoms with Crippen LogP contribution in [0.25, 0.3) is 21.9 Å². The molecule has 2 nitrogen and oxygen atoms in total. The second-order valence-corrected chi connectivity index (χ2v) is 10.9. The molecule has 1 N–H and O–H groups in total. The minimum atomic E-state index is -1.25. The van der Waals surface area contributed by atoms with Crippen LogP contribution in [0.15, 0.2) is 78.9 Å². The minimum Gasteiger partial charge on any atom is -0.374 e. The van der Waals surface area contributed by atoms with Gasteiger partial charge in [0.2, 0.25) is 0 Å². The molecule has 0 saturated carbocycles. The Morgan fingerprint density at radius 1 is 0.889 bits per heavy atom. The predicted octanol–water partition coefficient (Wildman–Crippen LogP) is 8.60. The molecule has 4 aromatic rings. The number of halogens is 1. The quantitative estimate of drug-likeness (QED) is 0.286. The van der Waals surface area contributed by atoms with Crippen molar-refractivity contribution in [2.24, 2.45) is 0 Å². The molecule has 36 heavy (non-hydrogen) atoms. The molecule has 0 heterocycles. The Labute approximate surface area is 219 Å². The molecule has 0 spiro atoms. The molecule has 184 valence electrons. The van der Waals surface area contributed by atoms with Crippen molar-refractivity contribution in [3.8, 4) is 23.0 Å². The topological polar surface area (TPSA) is 29.5 Å². The summed E-state index contributed by atoms with van der Waals surface area (Å²) in [5.41, 5.74) is 4.61. The average Bonchev–Trinajstić information content (AvgIpc) is 2.82. The number of fused-ring (bicyclic) bond motifs is 1. The van der Waals surface area contributed by atoms with Gasteiger partial charge < -0.3 is 9.84 Å². The van der Waals surface area contributed by atoms with Gasteiger partial charge in [0.25, 0.3) is 0 Å². The van der Waals surface area contributed by atoms with E-state index in [4.69, 9.17) is 16.3 Å². The zero-order valence-corrected chi connectivity index (χ0v) is 22.6. The highest BCUT2D eigenvalue weighted by molar-refractivity contribution is 6.30. The van der Waals surface area contributed by atoms with E-state index in [1.807, 2.05) is 48.5 Å². The highest BCUT2D eigenvalue weighted by Gasteiger charge is 2.23. The molecule has 0 aliphatic heterocycles. The lowest BCUT2D eigenvalue weighted by Gasteiger charge is -2.29. The number of ether oxygens (including phenoxy) is 1. The summed E-state index contributed by atoms with van der Waals surface area (Å²) in [6, 6.07) is 25.9. The average molecular weight is 497 g/mol. The molecule has 3 heteroatoms. The lowest BCUT2D eigenvalue weighted by atomic mass is 9.87. The number of rotatable bonds is 4. The van der Waals surface area contributed by atoms with Crippen molar-refractivity contribution in [2.45, 2.75) is 58.8 Å². The third-order valence-corrected chi connectivity index (χ3v) is 6.50. The first-order chi connectivity index (χ1) is 16.9. The van der Waals surface area contributed by atoms with Crippen molar-refractivity contribution in [2.75, 3.05) is 0 Å². The molecule has 0 saturated heterocycles. The molecule has 2 atom stereocenters. The van der Waals surface area contributed by atoms with E-state index in [0.29, 0.717) is 5.02 Å². The number of benzene rings is 4. The first-order valence-electron chi connectivity index (χ1n) is 12.3. The maximum atomic E-state index is 11.0. The SMILES string of the molecule is Cc1cc2ccc(C#CC(C)(O)c3ccccc3)cc2c(-c2ccc(Cl)cc2)c1C(C)OC(C)(C)C. The van der Waals surface area contributed by atoms with Crippen LogP contribution in [-0.2, 0) is 10.3 Å². The number of hydrogen-bond acceptors (Lipinski definition) is 2. The Morgan fingerprint density at radius 3 is 2.19 bits per heavy atom. The molecule has 0 aliphatic rings. The van der Waals surface area contributed by atoms with Gasteiger partial charge >= 0.3 is 0 Å². The third kappa shape index (κ3) is 5.82. The largest absolute Gasteiger partial charge is 0.374 e. The molecule has 0 radical (unpaired) electrons. The van der Waals surface area contributed by atoms with E-state index in [-0.39, 0.29) is 11.7 Å². The summed E-state index contributed by atoms with van der Waals surface area (Å²) in [4.78, 5) is 0. The standard InChI is InChI=1S/C33H33ClO2/c1-22-20-26-13-12-24(18-19-33(6,35)27-10-8-7-9-11-27)21-29(26)31(25-14-16-28(34)17-15-25)30(22)23(2)36-32(3,4)5/h7-17,20-21,23,35H,1-6H3. The number of aliphatic hydroxyl groups is 1. The van der Waals surface area contributed by atoms with Crippen LogP contribution in [0.2, 0.25) is 5.02 Å². The smallest absolute Gasteiger partial charge is 0.148 e. The van der Waals surface area contributed by atoms with Crippen molar-refractivity contribution in [1.29, 1.82) is 0 Å². The summed E-state index contributed by atoms with van der Waals surface area (Å²) in [6.07, 6.45) is -0.117. The third-order valence-electron chi connectivity index (χ3n) is 6.24. The molecule has 4 rings (SSSR count). The molecule has 0 amide bonds. The highest BCUT2D eigenvalue weighted by atomic mass is 35.5. The second-order valence-electron chi connectivity index (χ2n) is 10.5. The van der Waals surface area contributed by atoms with Crippen LogP contribution in [-0.4, -0.2) is 10.7 Å². The van der Waals surface area contributed by atoms with Gasteiger partial charge in [-0.3, -0.25) is 0 Å². The lowest BCUT2D eigenvalue weighted by molar-refractivity contribution is -0.0529. The van der Waals surface area contributed by atoms with Crippen LogP contribution in [0.5, 0.6) is 0 Å². The Kier molecular flexibility index (Phi) is 7.30. The summed E-state index contributed by atoms with van der Waals surface area (Å²) >= 11 is 6.23. The fourth-order valence-electron chi connectivity index (χ4n) is 4.70. The Balaban J connectivity index is 1.91. The van der Waals surface area contributed by atoms with Crippen LogP contribution in [0.4, 0.5) is 0 Å². The van der Waals surface area contributed by atoms with E-state index in [1.165, 1.54) is 5.56 Å². The molecule has 2 unspecified atom stereocenters. The number of hydrogen-bond donors (Lipinski definition) is 1. The van der Waals surface area contributed by atoms with Crippen molar-refractivity contribution in [3.63, 3.8) is 0 Å². The highest BCUT2D eigenvalue weighted by Crippen LogP contribution is 2.40. The van der Waals surface area contributed by atoms with Crippen LogP contribution < -0.4 is 0 Å².